The first-order valence-corrected chi connectivity index (χ1v) is 10.0. The van der Waals surface area contributed by atoms with E-state index in [0.717, 1.165) is 5.56 Å². The van der Waals surface area contributed by atoms with Crippen LogP contribution in [0.25, 0.3) is 0 Å². The highest BCUT2D eigenvalue weighted by Gasteiger charge is 2.37. The van der Waals surface area contributed by atoms with Crippen LogP contribution in [0.2, 0.25) is 0 Å². The van der Waals surface area contributed by atoms with E-state index in [9.17, 15) is 14.9 Å². The van der Waals surface area contributed by atoms with Gasteiger partial charge in [-0.2, -0.15) is 0 Å². The third-order valence-corrected chi connectivity index (χ3v) is 5.49. The number of hydrogen-bond acceptors (Lipinski definition) is 5. The van der Waals surface area contributed by atoms with Gasteiger partial charge in [0.05, 0.1) is 29.2 Å². The molecule has 3 aromatic rings. The predicted octanol–water partition coefficient (Wildman–Crippen LogP) is 5.50. The zero-order valence-electron chi connectivity index (χ0n) is 17.5. The van der Waals surface area contributed by atoms with Crippen molar-refractivity contribution < 1.29 is 14.5 Å². The summed E-state index contributed by atoms with van der Waals surface area (Å²) in [5.41, 5.74) is 3.22. The van der Waals surface area contributed by atoms with Crippen molar-refractivity contribution in [2.24, 2.45) is 0 Å². The maximum atomic E-state index is 13.5. The van der Waals surface area contributed by atoms with Crippen LogP contribution in [0.3, 0.4) is 0 Å². The van der Waals surface area contributed by atoms with E-state index in [1.54, 1.807) is 35.2 Å². The summed E-state index contributed by atoms with van der Waals surface area (Å²) in [5.74, 6) is 0.510. The summed E-state index contributed by atoms with van der Waals surface area (Å²) in [6, 6.07) is 19.6. The first-order chi connectivity index (χ1) is 14.9. The Balaban J connectivity index is 1.88. The van der Waals surface area contributed by atoms with Crippen LogP contribution in [0.1, 0.15) is 47.4 Å². The topological polar surface area (TPSA) is 84.7 Å². The van der Waals surface area contributed by atoms with Gasteiger partial charge in [-0.1, -0.05) is 38.1 Å². The Hall–Kier alpha value is -3.87. The van der Waals surface area contributed by atoms with Crippen molar-refractivity contribution in [2.75, 3.05) is 17.3 Å². The number of rotatable bonds is 5. The van der Waals surface area contributed by atoms with Crippen molar-refractivity contribution in [1.82, 2.24) is 0 Å². The van der Waals surface area contributed by atoms with E-state index in [0.29, 0.717) is 34.2 Å². The minimum atomic E-state index is -0.751. The molecule has 0 saturated carbocycles. The summed E-state index contributed by atoms with van der Waals surface area (Å²) < 4.78 is 5.17. The van der Waals surface area contributed by atoms with Gasteiger partial charge >= 0.3 is 0 Å². The van der Waals surface area contributed by atoms with Crippen molar-refractivity contribution in [2.45, 2.75) is 25.9 Å². The van der Waals surface area contributed by atoms with Crippen molar-refractivity contribution in [3.63, 3.8) is 0 Å². The number of ether oxygens (including phenoxy) is 1. The number of hydrogen-bond donors (Lipinski definition) is 1. The molecule has 158 valence electrons. The van der Waals surface area contributed by atoms with Crippen LogP contribution in [0.5, 0.6) is 5.75 Å². The highest BCUT2D eigenvalue weighted by atomic mass is 16.6. The zero-order chi connectivity index (χ0) is 22.1. The van der Waals surface area contributed by atoms with Crippen molar-refractivity contribution in [3.8, 4) is 5.75 Å². The summed E-state index contributed by atoms with van der Waals surface area (Å²) in [6.45, 7) is 4.20. The summed E-state index contributed by atoms with van der Waals surface area (Å²) >= 11 is 0. The highest BCUT2D eigenvalue weighted by molar-refractivity contribution is 6.12. The monoisotopic (exact) mass is 417 g/mol. The van der Waals surface area contributed by atoms with Crippen LogP contribution in [-0.4, -0.2) is 17.9 Å². The minimum Gasteiger partial charge on any atom is -0.497 e. The molecule has 1 unspecified atom stereocenters. The highest BCUT2D eigenvalue weighted by Crippen LogP contribution is 2.40. The smallest absolute Gasteiger partial charge is 0.280 e. The second-order valence-corrected chi connectivity index (χ2v) is 7.70. The lowest BCUT2D eigenvalue weighted by Crippen LogP contribution is -2.43. The summed E-state index contributed by atoms with van der Waals surface area (Å²) in [6.07, 6.45) is -0.751. The number of nitro groups is 1. The molecule has 7 heteroatoms. The number of nitro benzene ring substituents is 1. The maximum absolute atomic E-state index is 13.5. The average Bonchev–Trinajstić information content (AvgIpc) is 2.78. The number of carbonyl (C=O) groups excluding carboxylic acids is 1. The SMILES string of the molecule is COc1ccc(C2Nc3ccccc3C(=O)N2c2ccc(C(C)C)cc2)c([N+](=O)[O-])c1. The van der Waals surface area contributed by atoms with Gasteiger partial charge in [0, 0.05) is 11.4 Å². The minimum absolute atomic E-state index is 0.118. The molecule has 1 amide bonds. The first kappa shape index (κ1) is 20.4. The number of amides is 1. The Bertz CT molecular complexity index is 1140. The van der Waals surface area contributed by atoms with Gasteiger partial charge in [-0.05, 0) is 47.9 Å². The van der Waals surface area contributed by atoms with E-state index >= 15 is 0 Å². The molecule has 0 saturated heterocycles. The maximum Gasteiger partial charge on any atom is 0.280 e. The van der Waals surface area contributed by atoms with Crippen LogP contribution in [0.4, 0.5) is 17.1 Å². The van der Waals surface area contributed by atoms with Gasteiger partial charge in [0.1, 0.15) is 11.9 Å². The predicted molar refractivity (Wildman–Crippen MR) is 120 cm³/mol. The zero-order valence-corrected chi connectivity index (χ0v) is 17.5. The number of nitrogens with zero attached hydrogens (tertiary/aromatic N) is 2. The van der Waals surface area contributed by atoms with Gasteiger partial charge in [-0.3, -0.25) is 19.8 Å². The van der Waals surface area contributed by atoms with Gasteiger partial charge in [0.15, 0.2) is 0 Å². The number of para-hydroxylation sites is 1. The summed E-state index contributed by atoms with van der Waals surface area (Å²) in [4.78, 5) is 26.5. The molecule has 3 aromatic carbocycles. The van der Waals surface area contributed by atoms with E-state index in [4.69, 9.17) is 4.74 Å². The van der Waals surface area contributed by atoms with Crippen LogP contribution >= 0.6 is 0 Å². The second-order valence-electron chi connectivity index (χ2n) is 7.70. The van der Waals surface area contributed by atoms with E-state index in [-0.39, 0.29) is 11.6 Å². The van der Waals surface area contributed by atoms with Crippen LogP contribution in [0.15, 0.2) is 66.7 Å². The molecular formula is C24H23N3O4. The van der Waals surface area contributed by atoms with E-state index < -0.39 is 11.1 Å². The average molecular weight is 417 g/mol. The molecule has 1 N–H and O–H groups in total. The molecule has 4 rings (SSSR count). The molecule has 1 aliphatic rings. The normalized spacial score (nSPS) is 15.4. The number of methoxy groups -OCH3 is 1. The Morgan fingerprint density at radius 3 is 2.42 bits per heavy atom. The van der Waals surface area contributed by atoms with Crippen LogP contribution in [0, 0.1) is 10.1 Å². The Morgan fingerprint density at radius 1 is 1.06 bits per heavy atom. The fourth-order valence-electron chi connectivity index (χ4n) is 3.80. The molecular weight excluding hydrogens is 394 g/mol. The molecule has 0 aromatic heterocycles. The van der Waals surface area contributed by atoms with Gasteiger partial charge in [-0.25, -0.2) is 0 Å². The quantitative estimate of drug-likeness (QED) is 0.438. The summed E-state index contributed by atoms with van der Waals surface area (Å²) in [7, 11) is 1.46. The molecule has 1 aliphatic heterocycles. The molecule has 31 heavy (non-hydrogen) atoms. The standard InChI is InChI=1S/C24H23N3O4/c1-15(2)16-8-10-17(11-9-16)26-23(25-21-7-5-4-6-19(21)24(26)28)20-13-12-18(31-3)14-22(20)27(29)30/h4-15,23,25H,1-3H3. The van der Waals surface area contributed by atoms with E-state index in [1.165, 1.54) is 13.2 Å². The molecule has 0 spiro atoms. The largest absolute Gasteiger partial charge is 0.497 e. The van der Waals surface area contributed by atoms with Gasteiger partial charge in [-0.15, -0.1) is 0 Å². The van der Waals surface area contributed by atoms with Gasteiger partial charge in [0.25, 0.3) is 11.6 Å². The summed E-state index contributed by atoms with van der Waals surface area (Å²) in [5, 5.41) is 15.2. The lowest BCUT2D eigenvalue weighted by molar-refractivity contribution is -0.385. The third-order valence-electron chi connectivity index (χ3n) is 5.49. The second kappa shape index (κ2) is 8.10. The van der Waals surface area contributed by atoms with Crippen LogP contribution < -0.4 is 15.0 Å². The fourth-order valence-corrected chi connectivity index (χ4v) is 3.80. The Kier molecular flexibility index (Phi) is 5.33. The van der Waals surface area contributed by atoms with E-state index in [1.807, 2.05) is 30.3 Å². The molecule has 1 heterocycles. The van der Waals surface area contributed by atoms with Crippen molar-refractivity contribution in [1.29, 1.82) is 0 Å². The molecule has 1 atom stereocenters. The van der Waals surface area contributed by atoms with Crippen LogP contribution in [-0.2, 0) is 0 Å². The molecule has 0 fully saturated rings. The molecule has 0 radical (unpaired) electrons. The number of anilines is 2. The van der Waals surface area contributed by atoms with Gasteiger partial charge < -0.3 is 10.1 Å². The molecule has 7 nitrogen and oxygen atoms in total. The van der Waals surface area contributed by atoms with Gasteiger partial charge in [0.2, 0.25) is 0 Å². The first-order valence-electron chi connectivity index (χ1n) is 10.0. The van der Waals surface area contributed by atoms with Crippen molar-refractivity contribution >= 4 is 23.0 Å². The Morgan fingerprint density at radius 2 is 1.77 bits per heavy atom. The third kappa shape index (κ3) is 3.70. The fraction of sp³-hybridized carbons (Fsp3) is 0.208. The molecule has 0 bridgehead atoms. The number of benzene rings is 3. The van der Waals surface area contributed by atoms with Crippen molar-refractivity contribution in [3.05, 3.63) is 93.5 Å². The van der Waals surface area contributed by atoms with E-state index in [2.05, 4.69) is 19.2 Å². The lowest BCUT2D eigenvalue weighted by atomic mass is 9.99. The number of fused-ring (bicyclic) bond motifs is 1. The lowest BCUT2D eigenvalue weighted by Gasteiger charge is -2.38. The molecule has 0 aliphatic carbocycles. The Labute approximate surface area is 180 Å². The number of nitrogens with one attached hydrogen (secondary N) is 1. The number of carbonyl (C=O) groups is 1.